The maximum atomic E-state index is 13.5. The standard InChI is InChI=1S/C31H35N3O4S/c1-34-28(23-11-7-4-8-12-23)19-24-13-14-26(20-29(24)34)39(36,37)33-25-15-17-31(18-16-25,30(32)35)27(21-38-2)22-9-5-3-6-10-22/h3-14,19-20,25,27,33H,15-18,21H2,1-2H3,(H2,32,35)/t25?,27-,31?/m0/s1. The van der Waals surface area contributed by atoms with Crippen LogP contribution in [0.2, 0.25) is 0 Å². The summed E-state index contributed by atoms with van der Waals surface area (Å²) in [5.74, 6) is -0.560. The van der Waals surface area contributed by atoms with E-state index in [-0.39, 0.29) is 22.8 Å². The van der Waals surface area contributed by atoms with Gasteiger partial charge in [-0.25, -0.2) is 13.1 Å². The molecule has 0 spiro atoms. The quantitative estimate of drug-likeness (QED) is 0.310. The van der Waals surface area contributed by atoms with Crippen molar-refractivity contribution in [2.24, 2.45) is 18.2 Å². The minimum Gasteiger partial charge on any atom is -0.384 e. The maximum Gasteiger partial charge on any atom is 0.240 e. The average Bonchev–Trinajstić information content (AvgIpc) is 3.28. The van der Waals surface area contributed by atoms with E-state index in [1.807, 2.05) is 78.3 Å². The predicted molar refractivity (Wildman–Crippen MR) is 154 cm³/mol. The van der Waals surface area contributed by atoms with Gasteiger partial charge in [-0.15, -0.1) is 0 Å². The Morgan fingerprint density at radius 3 is 2.28 bits per heavy atom. The Morgan fingerprint density at radius 1 is 1.03 bits per heavy atom. The van der Waals surface area contributed by atoms with Crippen LogP contribution in [-0.4, -0.2) is 38.7 Å². The Kier molecular flexibility index (Phi) is 7.62. The fourth-order valence-electron chi connectivity index (χ4n) is 6.09. The molecular formula is C31H35N3O4S. The monoisotopic (exact) mass is 545 g/mol. The summed E-state index contributed by atoms with van der Waals surface area (Å²) in [6, 6.07) is 26.8. The van der Waals surface area contributed by atoms with Gasteiger partial charge < -0.3 is 15.0 Å². The number of aromatic nitrogens is 1. The van der Waals surface area contributed by atoms with Crippen LogP contribution in [0.4, 0.5) is 0 Å². The number of benzene rings is 3. The van der Waals surface area contributed by atoms with Crippen molar-refractivity contribution in [1.82, 2.24) is 9.29 Å². The number of rotatable bonds is 9. The molecule has 5 rings (SSSR count). The van der Waals surface area contributed by atoms with Gasteiger partial charge in [0.2, 0.25) is 15.9 Å². The van der Waals surface area contributed by atoms with Gasteiger partial charge >= 0.3 is 0 Å². The second kappa shape index (κ2) is 11.0. The zero-order valence-corrected chi connectivity index (χ0v) is 23.2. The summed E-state index contributed by atoms with van der Waals surface area (Å²) in [7, 11) is -0.199. The molecule has 4 aromatic rings. The molecule has 3 N–H and O–H groups in total. The first kappa shape index (κ1) is 27.1. The minimum atomic E-state index is -3.77. The Morgan fingerprint density at radius 2 is 1.67 bits per heavy atom. The molecule has 1 aliphatic rings. The van der Waals surface area contributed by atoms with E-state index in [1.54, 1.807) is 19.2 Å². The number of aryl methyl sites for hydroxylation is 1. The molecule has 0 aliphatic heterocycles. The van der Waals surface area contributed by atoms with E-state index < -0.39 is 15.4 Å². The first-order valence-corrected chi connectivity index (χ1v) is 14.7. The maximum absolute atomic E-state index is 13.5. The van der Waals surface area contributed by atoms with Crippen LogP contribution < -0.4 is 10.5 Å². The molecule has 1 fully saturated rings. The first-order valence-electron chi connectivity index (χ1n) is 13.3. The van der Waals surface area contributed by atoms with E-state index in [1.165, 1.54) is 0 Å². The highest BCUT2D eigenvalue weighted by atomic mass is 32.2. The van der Waals surface area contributed by atoms with Crippen molar-refractivity contribution in [2.45, 2.75) is 42.5 Å². The van der Waals surface area contributed by atoms with E-state index >= 15 is 0 Å². The number of amides is 1. The van der Waals surface area contributed by atoms with Gasteiger partial charge in [-0.2, -0.15) is 0 Å². The lowest BCUT2D eigenvalue weighted by atomic mass is 9.62. The molecule has 0 unspecified atom stereocenters. The molecule has 0 saturated heterocycles. The van der Waals surface area contributed by atoms with Crippen molar-refractivity contribution in [3.8, 4) is 11.3 Å². The third-order valence-electron chi connectivity index (χ3n) is 8.29. The van der Waals surface area contributed by atoms with Crippen LogP contribution in [0, 0.1) is 5.41 Å². The lowest BCUT2D eigenvalue weighted by molar-refractivity contribution is -0.132. The molecular weight excluding hydrogens is 510 g/mol. The van der Waals surface area contributed by atoms with E-state index in [2.05, 4.69) is 10.8 Å². The second-order valence-electron chi connectivity index (χ2n) is 10.5. The van der Waals surface area contributed by atoms with Gasteiger partial charge in [0.1, 0.15) is 0 Å². The lowest BCUT2D eigenvalue weighted by Gasteiger charge is -2.43. The number of hydrogen-bond donors (Lipinski definition) is 2. The molecule has 8 heteroatoms. The van der Waals surface area contributed by atoms with Crippen molar-refractivity contribution in [3.63, 3.8) is 0 Å². The normalized spacial score (nSPS) is 20.6. The van der Waals surface area contributed by atoms with Gasteiger partial charge in [0.15, 0.2) is 0 Å². The summed E-state index contributed by atoms with van der Waals surface area (Å²) in [5.41, 5.74) is 9.15. The number of ether oxygens (including phenoxy) is 1. The summed E-state index contributed by atoms with van der Waals surface area (Å²) >= 11 is 0. The van der Waals surface area contributed by atoms with Gasteiger partial charge in [-0.1, -0.05) is 66.7 Å². The molecule has 1 amide bonds. The number of fused-ring (bicyclic) bond motifs is 1. The molecule has 204 valence electrons. The predicted octanol–water partition coefficient (Wildman–Crippen LogP) is 4.97. The SMILES string of the molecule is COC[C@@H](c1ccccc1)C1(C(N)=O)CCC(NS(=O)(=O)c2ccc3cc(-c4ccccc4)n(C)c3c2)CC1. The van der Waals surface area contributed by atoms with Gasteiger partial charge in [0.25, 0.3) is 0 Å². The number of nitrogens with two attached hydrogens (primary N) is 1. The number of carbonyl (C=O) groups is 1. The zero-order valence-electron chi connectivity index (χ0n) is 22.3. The van der Waals surface area contributed by atoms with Crippen molar-refractivity contribution >= 4 is 26.8 Å². The van der Waals surface area contributed by atoms with Crippen molar-refractivity contribution in [3.05, 3.63) is 90.5 Å². The van der Waals surface area contributed by atoms with Crippen LogP contribution in [0.5, 0.6) is 0 Å². The number of carbonyl (C=O) groups excluding carboxylic acids is 1. The fraction of sp³-hybridized carbons (Fsp3) is 0.323. The molecule has 0 bridgehead atoms. The third kappa shape index (κ3) is 5.24. The summed E-state index contributed by atoms with van der Waals surface area (Å²) in [6.07, 6.45) is 1.99. The Bertz CT molecular complexity index is 1560. The number of nitrogens with zero attached hydrogens (tertiary/aromatic N) is 1. The number of hydrogen-bond acceptors (Lipinski definition) is 4. The number of primary amides is 1. The zero-order chi connectivity index (χ0) is 27.6. The number of sulfonamides is 1. The second-order valence-corrected chi connectivity index (χ2v) is 12.2. The van der Waals surface area contributed by atoms with Gasteiger partial charge in [-0.3, -0.25) is 4.79 Å². The molecule has 1 aliphatic carbocycles. The van der Waals surface area contributed by atoms with Gasteiger partial charge in [-0.05, 0) is 55.0 Å². The van der Waals surface area contributed by atoms with Crippen LogP contribution >= 0.6 is 0 Å². The summed E-state index contributed by atoms with van der Waals surface area (Å²) in [5, 5.41) is 0.976. The first-order chi connectivity index (χ1) is 18.7. The minimum absolute atomic E-state index is 0.197. The van der Waals surface area contributed by atoms with Crippen LogP contribution in [-0.2, 0) is 26.6 Å². The average molecular weight is 546 g/mol. The van der Waals surface area contributed by atoms with Crippen molar-refractivity contribution in [2.75, 3.05) is 13.7 Å². The largest absolute Gasteiger partial charge is 0.384 e. The Labute approximate surface area is 230 Å². The van der Waals surface area contributed by atoms with Crippen LogP contribution in [0.25, 0.3) is 22.2 Å². The lowest BCUT2D eigenvalue weighted by Crippen LogP contribution is -2.49. The van der Waals surface area contributed by atoms with E-state index in [4.69, 9.17) is 10.5 Å². The number of methoxy groups -OCH3 is 1. The summed E-state index contributed by atoms with van der Waals surface area (Å²) in [6.45, 7) is 0.366. The molecule has 1 atom stereocenters. The molecule has 3 aromatic carbocycles. The smallest absolute Gasteiger partial charge is 0.240 e. The fourth-order valence-corrected chi connectivity index (χ4v) is 7.42. The topological polar surface area (TPSA) is 103 Å². The van der Waals surface area contributed by atoms with E-state index in [0.29, 0.717) is 32.3 Å². The van der Waals surface area contributed by atoms with Crippen molar-refractivity contribution in [1.29, 1.82) is 0 Å². The molecule has 1 saturated carbocycles. The van der Waals surface area contributed by atoms with E-state index in [0.717, 1.165) is 27.7 Å². The highest BCUT2D eigenvalue weighted by Gasteiger charge is 2.47. The van der Waals surface area contributed by atoms with Crippen LogP contribution in [0.1, 0.15) is 37.2 Å². The Balaban J connectivity index is 1.35. The summed E-state index contributed by atoms with van der Waals surface area (Å²) in [4.78, 5) is 13.1. The molecule has 7 nitrogen and oxygen atoms in total. The van der Waals surface area contributed by atoms with Crippen LogP contribution in [0.3, 0.4) is 0 Å². The molecule has 39 heavy (non-hydrogen) atoms. The Hall–Kier alpha value is -3.46. The number of nitrogens with one attached hydrogen (secondary N) is 1. The molecule has 0 radical (unpaired) electrons. The van der Waals surface area contributed by atoms with Gasteiger partial charge in [0.05, 0.1) is 16.9 Å². The molecule has 1 heterocycles. The van der Waals surface area contributed by atoms with E-state index in [9.17, 15) is 13.2 Å². The van der Waals surface area contributed by atoms with Crippen molar-refractivity contribution < 1.29 is 17.9 Å². The summed E-state index contributed by atoms with van der Waals surface area (Å²) < 4.78 is 37.3. The highest BCUT2D eigenvalue weighted by Crippen LogP contribution is 2.47. The third-order valence-corrected chi connectivity index (χ3v) is 9.81. The van der Waals surface area contributed by atoms with Gasteiger partial charge in [0, 0.05) is 42.7 Å². The highest BCUT2D eigenvalue weighted by molar-refractivity contribution is 7.89. The molecule has 1 aromatic heterocycles. The van der Waals surface area contributed by atoms with Crippen LogP contribution in [0.15, 0.2) is 89.8 Å².